The second-order valence-corrected chi connectivity index (χ2v) is 6.54. The van der Waals surface area contributed by atoms with Crippen LogP contribution >= 0.6 is 0 Å². The minimum Gasteiger partial charge on any atom is -0.305 e. The Hall–Kier alpha value is -3.39. The molecule has 2 aromatic heterocycles. The van der Waals surface area contributed by atoms with Crippen LogP contribution in [0.3, 0.4) is 0 Å². The molecule has 1 aliphatic rings. The van der Waals surface area contributed by atoms with E-state index in [2.05, 4.69) is 30.7 Å². The first-order valence-corrected chi connectivity index (χ1v) is 8.56. The number of nitrogens with one attached hydrogen (secondary N) is 3. The molecule has 0 fully saturated rings. The summed E-state index contributed by atoms with van der Waals surface area (Å²) in [6.07, 6.45) is 1.44. The van der Waals surface area contributed by atoms with Gasteiger partial charge in [-0.3, -0.25) is 9.89 Å². The molecule has 0 aliphatic carbocycles. The van der Waals surface area contributed by atoms with E-state index in [1.165, 1.54) is 18.5 Å². The molecule has 0 radical (unpaired) electrons. The third-order valence-corrected chi connectivity index (χ3v) is 5.03. The van der Waals surface area contributed by atoms with Gasteiger partial charge in [0.05, 0.1) is 17.0 Å². The Morgan fingerprint density at radius 2 is 1.93 bits per heavy atom. The SMILES string of the molecule is O=c1[nH]nc2c3c(cccc13)CNC(c1ccc(F)cc1)C2c1ncn[nH]1. The van der Waals surface area contributed by atoms with E-state index in [4.69, 9.17) is 0 Å². The number of aromatic amines is 2. The molecule has 3 heterocycles. The van der Waals surface area contributed by atoms with Crippen molar-refractivity contribution in [1.82, 2.24) is 30.7 Å². The van der Waals surface area contributed by atoms with Crippen LogP contribution in [0.25, 0.3) is 10.8 Å². The van der Waals surface area contributed by atoms with Gasteiger partial charge >= 0.3 is 0 Å². The summed E-state index contributed by atoms with van der Waals surface area (Å²) in [4.78, 5) is 16.6. The molecule has 0 bridgehead atoms. The average Bonchev–Trinajstić information content (AvgIpc) is 3.16. The van der Waals surface area contributed by atoms with E-state index >= 15 is 0 Å². The van der Waals surface area contributed by atoms with Crippen molar-refractivity contribution in [2.45, 2.75) is 18.5 Å². The summed E-state index contributed by atoms with van der Waals surface area (Å²) in [5.41, 5.74) is 2.35. The second kappa shape index (κ2) is 6.10. The summed E-state index contributed by atoms with van der Waals surface area (Å²) in [5, 5.41) is 18.8. The molecule has 2 atom stereocenters. The number of halogens is 1. The summed E-state index contributed by atoms with van der Waals surface area (Å²) in [7, 11) is 0. The molecule has 5 rings (SSSR count). The summed E-state index contributed by atoms with van der Waals surface area (Å²) in [5.74, 6) is -0.00762. The number of hydrogen-bond donors (Lipinski definition) is 3. The van der Waals surface area contributed by atoms with Crippen molar-refractivity contribution in [3.05, 3.63) is 87.6 Å². The maximum Gasteiger partial charge on any atom is 0.272 e. The van der Waals surface area contributed by atoms with Crippen LogP contribution in [0.15, 0.2) is 53.6 Å². The average molecular weight is 362 g/mol. The van der Waals surface area contributed by atoms with Gasteiger partial charge in [-0.1, -0.05) is 24.3 Å². The van der Waals surface area contributed by atoms with E-state index in [9.17, 15) is 9.18 Å². The lowest BCUT2D eigenvalue weighted by Crippen LogP contribution is -2.27. The Balaban J connectivity index is 1.79. The van der Waals surface area contributed by atoms with Crippen LogP contribution in [0.5, 0.6) is 0 Å². The fraction of sp³-hybridized carbons (Fsp3) is 0.158. The molecule has 2 unspecified atom stereocenters. The van der Waals surface area contributed by atoms with Crippen molar-refractivity contribution in [2.75, 3.05) is 0 Å². The van der Waals surface area contributed by atoms with Crippen LogP contribution in [-0.4, -0.2) is 25.4 Å². The van der Waals surface area contributed by atoms with Crippen molar-refractivity contribution in [3.63, 3.8) is 0 Å². The summed E-state index contributed by atoms with van der Waals surface area (Å²) in [6.45, 7) is 0.544. The number of rotatable bonds is 2. The van der Waals surface area contributed by atoms with Crippen LogP contribution in [0.4, 0.5) is 4.39 Å². The molecule has 0 amide bonds. The molecule has 2 aromatic carbocycles. The maximum absolute atomic E-state index is 13.4. The van der Waals surface area contributed by atoms with Gasteiger partial charge in [-0.25, -0.2) is 14.5 Å². The van der Waals surface area contributed by atoms with Crippen LogP contribution in [0, 0.1) is 5.82 Å². The lowest BCUT2D eigenvalue weighted by Gasteiger charge is -2.25. The topological polar surface area (TPSA) is 99.3 Å². The van der Waals surface area contributed by atoms with Gasteiger partial charge in [0.1, 0.15) is 18.0 Å². The molecule has 0 spiro atoms. The third kappa shape index (κ3) is 2.53. The highest BCUT2D eigenvalue weighted by molar-refractivity contribution is 5.88. The Morgan fingerprint density at radius 3 is 2.70 bits per heavy atom. The van der Waals surface area contributed by atoms with E-state index in [1.54, 1.807) is 18.2 Å². The standard InChI is InChI=1S/C19H15FN6O/c20-12-6-4-10(5-7-12)16-15(18-22-9-23-25-18)17-14-11(8-21-16)2-1-3-13(14)19(27)26-24-17/h1-7,9,15-16,21H,8H2,(H,26,27)(H,22,23,25). The van der Waals surface area contributed by atoms with Crippen molar-refractivity contribution >= 4 is 10.8 Å². The van der Waals surface area contributed by atoms with Gasteiger partial charge in [0.25, 0.3) is 5.56 Å². The molecule has 0 saturated heterocycles. The Bertz CT molecular complexity index is 1170. The lowest BCUT2D eigenvalue weighted by atomic mass is 9.88. The van der Waals surface area contributed by atoms with E-state index in [0.717, 1.165) is 16.5 Å². The van der Waals surface area contributed by atoms with Gasteiger partial charge in [-0.2, -0.15) is 10.2 Å². The highest BCUT2D eigenvalue weighted by Gasteiger charge is 2.34. The number of hydrogen-bond acceptors (Lipinski definition) is 5. The van der Waals surface area contributed by atoms with Crippen LogP contribution in [-0.2, 0) is 6.54 Å². The fourth-order valence-corrected chi connectivity index (χ4v) is 3.82. The van der Waals surface area contributed by atoms with Crippen molar-refractivity contribution < 1.29 is 4.39 Å². The summed E-state index contributed by atoms with van der Waals surface area (Å²) >= 11 is 0. The van der Waals surface area contributed by atoms with Gasteiger partial charge < -0.3 is 5.32 Å². The zero-order valence-electron chi connectivity index (χ0n) is 14.1. The minimum atomic E-state index is -0.332. The van der Waals surface area contributed by atoms with Crippen LogP contribution in [0.1, 0.15) is 34.6 Å². The van der Waals surface area contributed by atoms with Gasteiger partial charge in [-0.05, 0) is 29.3 Å². The number of aromatic nitrogens is 5. The van der Waals surface area contributed by atoms with Crippen molar-refractivity contribution in [1.29, 1.82) is 0 Å². The Morgan fingerprint density at radius 1 is 1.07 bits per heavy atom. The highest BCUT2D eigenvalue weighted by Crippen LogP contribution is 2.39. The number of benzene rings is 2. The fourth-order valence-electron chi connectivity index (χ4n) is 3.82. The van der Waals surface area contributed by atoms with Crippen LogP contribution < -0.4 is 10.9 Å². The summed E-state index contributed by atoms with van der Waals surface area (Å²) in [6, 6.07) is 11.8. The quantitative estimate of drug-likeness (QED) is 0.507. The monoisotopic (exact) mass is 362 g/mol. The Labute approximate surface area is 152 Å². The van der Waals surface area contributed by atoms with Gasteiger partial charge in [0.2, 0.25) is 0 Å². The molecule has 8 heteroatoms. The van der Waals surface area contributed by atoms with Gasteiger partial charge in [0, 0.05) is 18.0 Å². The molecule has 0 saturated carbocycles. The van der Waals surface area contributed by atoms with Crippen LogP contribution in [0.2, 0.25) is 0 Å². The first kappa shape index (κ1) is 15.8. The van der Waals surface area contributed by atoms with Gasteiger partial charge in [-0.15, -0.1) is 0 Å². The maximum atomic E-state index is 13.4. The zero-order chi connectivity index (χ0) is 18.4. The van der Waals surface area contributed by atoms with E-state index < -0.39 is 0 Å². The zero-order valence-corrected chi connectivity index (χ0v) is 14.1. The largest absolute Gasteiger partial charge is 0.305 e. The first-order valence-electron chi connectivity index (χ1n) is 8.56. The molecule has 4 aromatic rings. The van der Waals surface area contributed by atoms with E-state index in [1.807, 2.05) is 12.1 Å². The molecule has 134 valence electrons. The molecule has 1 aliphatic heterocycles. The molecular formula is C19H15FN6O. The Kier molecular flexibility index (Phi) is 3.58. The van der Waals surface area contributed by atoms with Gasteiger partial charge in [0.15, 0.2) is 0 Å². The second-order valence-electron chi connectivity index (χ2n) is 6.54. The predicted molar refractivity (Wildman–Crippen MR) is 96.6 cm³/mol. The van der Waals surface area contributed by atoms with E-state index in [-0.39, 0.29) is 23.3 Å². The molecule has 27 heavy (non-hydrogen) atoms. The molecule has 7 nitrogen and oxygen atoms in total. The minimum absolute atomic E-state index is 0.229. The molecular weight excluding hydrogens is 347 g/mol. The van der Waals surface area contributed by atoms with E-state index in [0.29, 0.717) is 23.4 Å². The highest BCUT2D eigenvalue weighted by atomic mass is 19.1. The first-order chi connectivity index (χ1) is 13.2. The van der Waals surface area contributed by atoms with Crippen molar-refractivity contribution in [3.8, 4) is 0 Å². The smallest absolute Gasteiger partial charge is 0.272 e. The third-order valence-electron chi connectivity index (χ3n) is 5.03. The summed E-state index contributed by atoms with van der Waals surface area (Å²) < 4.78 is 13.4. The lowest BCUT2D eigenvalue weighted by molar-refractivity contribution is 0.471. The molecule has 3 N–H and O–H groups in total. The normalized spacial score (nSPS) is 19.1. The predicted octanol–water partition coefficient (Wildman–Crippen LogP) is 2.16. The number of nitrogens with zero attached hydrogens (tertiary/aromatic N) is 3. The van der Waals surface area contributed by atoms with Crippen molar-refractivity contribution in [2.24, 2.45) is 0 Å². The number of H-pyrrole nitrogens is 2.